The van der Waals surface area contributed by atoms with Crippen LogP contribution in [0, 0.1) is 11.3 Å². The van der Waals surface area contributed by atoms with E-state index in [1.165, 1.54) is 23.1 Å². The molecule has 5 rings (SSSR count). The summed E-state index contributed by atoms with van der Waals surface area (Å²) in [5.41, 5.74) is 1.49. The second-order valence-corrected chi connectivity index (χ2v) is 9.12. The Balaban J connectivity index is 1.35. The molecular weight excluding hydrogens is 497 g/mol. The van der Waals surface area contributed by atoms with Gasteiger partial charge in [-0.15, -0.1) is 13.2 Å². The lowest BCUT2D eigenvalue weighted by Gasteiger charge is -2.39. The molecule has 1 unspecified atom stereocenters. The minimum absolute atomic E-state index is 0.0225. The number of nitriles is 1. The molecule has 1 saturated heterocycles. The molecule has 37 heavy (non-hydrogen) atoms. The van der Waals surface area contributed by atoms with E-state index < -0.39 is 30.7 Å². The monoisotopic (exact) mass is 519 g/mol. The largest absolute Gasteiger partial charge is 0.573 e. The van der Waals surface area contributed by atoms with Gasteiger partial charge < -0.3 is 18.9 Å². The molecule has 1 aliphatic carbocycles. The van der Waals surface area contributed by atoms with Crippen LogP contribution in [0.5, 0.6) is 5.75 Å². The topological polar surface area (TPSA) is 71.5 Å². The maximum absolute atomic E-state index is 15.1. The van der Waals surface area contributed by atoms with Crippen molar-refractivity contribution in [2.24, 2.45) is 0 Å². The molecule has 1 saturated carbocycles. The normalized spacial score (nSPS) is 19.5. The summed E-state index contributed by atoms with van der Waals surface area (Å²) in [4.78, 5) is 1.53. The fourth-order valence-corrected chi connectivity index (χ4v) is 4.49. The molecule has 0 radical (unpaired) electrons. The van der Waals surface area contributed by atoms with Crippen LogP contribution in [-0.4, -0.2) is 36.6 Å². The molecule has 1 aromatic heterocycles. The Kier molecular flexibility index (Phi) is 6.54. The summed E-state index contributed by atoms with van der Waals surface area (Å²) in [6, 6.07) is 13.9. The predicted octanol–water partition coefficient (Wildman–Crippen LogP) is 6.42. The van der Waals surface area contributed by atoms with Crippen molar-refractivity contribution < 1.29 is 35.9 Å². The lowest BCUT2D eigenvalue weighted by atomic mass is 10.0. The van der Waals surface area contributed by atoms with Crippen molar-refractivity contribution in [2.45, 2.75) is 50.2 Å². The van der Waals surface area contributed by atoms with E-state index >= 15 is 8.78 Å². The van der Waals surface area contributed by atoms with Crippen LogP contribution in [0.4, 0.5) is 27.6 Å². The van der Waals surface area contributed by atoms with E-state index in [0.717, 1.165) is 18.9 Å². The van der Waals surface area contributed by atoms with Crippen LogP contribution >= 0.6 is 0 Å². The second kappa shape index (κ2) is 9.67. The van der Waals surface area contributed by atoms with Crippen molar-refractivity contribution in [3.8, 4) is 23.1 Å². The van der Waals surface area contributed by atoms with Crippen LogP contribution in [0.2, 0.25) is 0 Å². The number of piperidine rings is 1. The van der Waals surface area contributed by atoms with Crippen LogP contribution in [0.1, 0.15) is 42.1 Å². The maximum atomic E-state index is 15.1. The Morgan fingerprint density at radius 3 is 2.46 bits per heavy atom. The van der Waals surface area contributed by atoms with Crippen molar-refractivity contribution in [1.82, 2.24) is 5.16 Å². The van der Waals surface area contributed by atoms with E-state index in [0.29, 0.717) is 29.1 Å². The van der Waals surface area contributed by atoms with Gasteiger partial charge in [0.25, 0.3) is 5.92 Å². The zero-order chi connectivity index (χ0) is 26.2. The highest BCUT2D eigenvalue weighted by atomic mass is 19.4. The summed E-state index contributed by atoms with van der Waals surface area (Å²) < 4.78 is 84.4. The standard InChI is InChI=1S/C26H22F5N3O3/c27-25(28)15-34(18-9-5-16(13-32)6-10-18)12-11-22(25)35-14-20-23(33-37-24(20)17-7-8-17)19-3-1-2-4-21(19)36-26(29,30)31/h1-6,9-10,17,22H,7-8,11-12,14-15H2. The molecule has 194 valence electrons. The van der Waals surface area contributed by atoms with Crippen molar-refractivity contribution in [3.63, 3.8) is 0 Å². The Hall–Kier alpha value is -3.65. The summed E-state index contributed by atoms with van der Waals surface area (Å²) in [7, 11) is 0. The lowest BCUT2D eigenvalue weighted by Crippen LogP contribution is -2.52. The number of hydrogen-bond acceptors (Lipinski definition) is 6. The third-order valence-electron chi connectivity index (χ3n) is 6.46. The number of para-hydroxylation sites is 1. The summed E-state index contributed by atoms with van der Waals surface area (Å²) in [5, 5.41) is 12.9. The van der Waals surface area contributed by atoms with Gasteiger partial charge in [-0.1, -0.05) is 17.3 Å². The number of benzene rings is 2. The van der Waals surface area contributed by atoms with Crippen molar-refractivity contribution in [3.05, 3.63) is 65.4 Å². The smallest absolute Gasteiger partial charge is 0.405 e. The molecular formula is C26H22F5N3O3. The van der Waals surface area contributed by atoms with Crippen molar-refractivity contribution in [2.75, 3.05) is 18.0 Å². The molecule has 0 N–H and O–H groups in total. The number of halogens is 5. The van der Waals surface area contributed by atoms with Crippen LogP contribution in [0.25, 0.3) is 11.3 Å². The van der Waals surface area contributed by atoms with Crippen LogP contribution in [0.15, 0.2) is 53.1 Å². The maximum Gasteiger partial charge on any atom is 0.573 e. The van der Waals surface area contributed by atoms with E-state index in [-0.39, 0.29) is 30.2 Å². The third kappa shape index (κ3) is 5.54. The first-order valence-electron chi connectivity index (χ1n) is 11.7. The van der Waals surface area contributed by atoms with E-state index in [2.05, 4.69) is 9.89 Å². The van der Waals surface area contributed by atoms with Gasteiger partial charge in [0.1, 0.15) is 23.3 Å². The minimum Gasteiger partial charge on any atom is -0.405 e. The molecule has 11 heteroatoms. The first-order valence-corrected chi connectivity index (χ1v) is 11.7. The van der Waals surface area contributed by atoms with Crippen LogP contribution in [-0.2, 0) is 11.3 Å². The fourth-order valence-electron chi connectivity index (χ4n) is 4.49. The van der Waals surface area contributed by atoms with Crippen LogP contribution in [0.3, 0.4) is 0 Å². The predicted molar refractivity (Wildman–Crippen MR) is 122 cm³/mol. The molecule has 2 heterocycles. The molecule has 0 spiro atoms. The average molecular weight is 519 g/mol. The van der Waals surface area contributed by atoms with Gasteiger partial charge in [0.15, 0.2) is 0 Å². The van der Waals surface area contributed by atoms with Gasteiger partial charge in [-0.2, -0.15) is 5.26 Å². The van der Waals surface area contributed by atoms with E-state index in [1.807, 2.05) is 6.07 Å². The van der Waals surface area contributed by atoms with Gasteiger partial charge in [0, 0.05) is 29.3 Å². The van der Waals surface area contributed by atoms with Gasteiger partial charge in [0.05, 0.1) is 24.8 Å². The first-order chi connectivity index (χ1) is 17.6. The van der Waals surface area contributed by atoms with Crippen molar-refractivity contribution in [1.29, 1.82) is 5.26 Å². The van der Waals surface area contributed by atoms with Crippen molar-refractivity contribution >= 4 is 5.69 Å². The Morgan fingerprint density at radius 1 is 1.08 bits per heavy atom. The number of rotatable bonds is 7. The molecule has 0 amide bonds. The molecule has 2 fully saturated rings. The number of aromatic nitrogens is 1. The summed E-state index contributed by atoms with van der Waals surface area (Å²) in [6.45, 7) is -0.555. The van der Waals surface area contributed by atoms with Crippen LogP contribution < -0.4 is 9.64 Å². The molecule has 6 nitrogen and oxygen atoms in total. The van der Waals surface area contributed by atoms with Gasteiger partial charge >= 0.3 is 6.36 Å². The Labute approximate surface area is 209 Å². The Morgan fingerprint density at radius 2 is 1.81 bits per heavy atom. The molecule has 0 bridgehead atoms. The van der Waals surface area contributed by atoms with Gasteiger partial charge in [-0.3, -0.25) is 0 Å². The third-order valence-corrected chi connectivity index (χ3v) is 6.46. The summed E-state index contributed by atoms with van der Waals surface area (Å²) >= 11 is 0. The first kappa shape index (κ1) is 25.0. The minimum atomic E-state index is -4.92. The zero-order valence-electron chi connectivity index (χ0n) is 19.5. The van der Waals surface area contributed by atoms with E-state index in [1.54, 1.807) is 24.3 Å². The molecule has 2 aromatic carbocycles. The second-order valence-electron chi connectivity index (χ2n) is 9.12. The fraction of sp³-hybridized carbons (Fsp3) is 0.385. The molecule has 1 aliphatic heterocycles. The van der Waals surface area contributed by atoms with Gasteiger partial charge in [0.2, 0.25) is 0 Å². The molecule has 1 atom stereocenters. The summed E-state index contributed by atoms with van der Waals surface area (Å²) in [6.07, 6.45) is -4.68. The average Bonchev–Trinajstić information content (AvgIpc) is 3.62. The van der Waals surface area contributed by atoms with E-state index in [9.17, 15) is 13.2 Å². The lowest BCUT2D eigenvalue weighted by molar-refractivity contribution is -0.274. The van der Waals surface area contributed by atoms with Gasteiger partial charge in [-0.25, -0.2) is 8.78 Å². The number of nitrogens with zero attached hydrogens (tertiary/aromatic N) is 3. The highest BCUT2D eigenvalue weighted by Crippen LogP contribution is 2.46. The quantitative estimate of drug-likeness (QED) is 0.336. The van der Waals surface area contributed by atoms with Gasteiger partial charge in [-0.05, 0) is 55.7 Å². The number of ether oxygens (including phenoxy) is 2. The highest BCUT2D eigenvalue weighted by Gasteiger charge is 2.46. The highest BCUT2D eigenvalue weighted by molar-refractivity contribution is 5.70. The number of alkyl halides is 5. The SMILES string of the molecule is N#Cc1ccc(N2CCC(OCc3c(-c4ccccc4OC(F)(F)F)noc3C3CC3)C(F)(F)C2)cc1. The number of hydrogen-bond donors (Lipinski definition) is 0. The number of anilines is 1. The summed E-state index contributed by atoms with van der Waals surface area (Å²) in [5.74, 6) is -3.20. The zero-order valence-corrected chi connectivity index (χ0v) is 19.5. The molecule has 3 aromatic rings. The van der Waals surface area contributed by atoms with E-state index in [4.69, 9.17) is 14.5 Å². The molecule has 2 aliphatic rings. The Bertz CT molecular complexity index is 1300.